The van der Waals surface area contributed by atoms with Gasteiger partial charge in [-0.2, -0.15) is 0 Å². The standard InChI is InChI=1S/C28H32FN3O5/c1-7-18(2)31(27(35)37-28(4,5)6)16-20-8-10-21(11-9-20)24-13-12-22(14-25(24)29)32-17-23(36-26(32)34)15-30-19(3)33/h1,8-14,18,23H,15-17H2,2-6H3,(H,30,33). The number of terminal acetylenes is 1. The Hall–Kier alpha value is -4.06. The number of ether oxygens (including phenoxy) is 2. The highest BCUT2D eigenvalue weighted by atomic mass is 19.1. The van der Waals surface area contributed by atoms with Gasteiger partial charge in [0.1, 0.15) is 17.5 Å². The number of anilines is 1. The number of amides is 3. The Labute approximate surface area is 216 Å². The summed E-state index contributed by atoms with van der Waals surface area (Å²) in [5.41, 5.74) is 1.51. The zero-order chi connectivity index (χ0) is 27.3. The predicted octanol–water partition coefficient (Wildman–Crippen LogP) is 4.71. The molecule has 0 radical (unpaired) electrons. The molecule has 3 amide bonds. The lowest BCUT2D eigenvalue weighted by molar-refractivity contribution is -0.119. The molecule has 2 aromatic rings. The monoisotopic (exact) mass is 509 g/mol. The minimum atomic E-state index is -0.657. The van der Waals surface area contributed by atoms with E-state index in [1.54, 1.807) is 64.1 Å². The van der Waals surface area contributed by atoms with Gasteiger partial charge in [-0.05, 0) is 57.0 Å². The summed E-state index contributed by atoms with van der Waals surface area (Å²) in [7, 11) is 0. The van der Waals surface area contributed by atoms with Gasteiger partial charge in [-0.3, -0.25) is 14.6 Å². The number of carbonyl (C=O) groups excluding carboxylic acids is 3. The van der Waals surface area contributed by atoms with Gasteiger partial charge in [0.2, 0.25) is 5.91 Å². The van der Waals surface area contributed by atoms with Gasteiger partial charge in [0.25, 0.3) is 0 Å². The number of hydrogen-bond donors (Lipinski definition) is 1. The Morgan fingerprint density at radius 2 is 1.95 bits per heavy atom. The first-order chi connectivity index (χ1) is 17.4. The van der Waals surface area contributed by atoms with Crippen LogP contribution in [0, 0.1) is 18.2 Å². The lowest BCUT2D eigenvalue weighted by Crippen LogP contribution is -2.41. The Bertz CT molecular complexity index is 1200. The van der Waals surface area contributed by atoms with E-state index < -0.39 is 35.8 Å². The van der Waals surface area contributed by atoms with Crippen LogP contribution in [-0.4, -0.2) is 53.8 Å². The minimum absolute atomic E-state index is 0.190. The molecular formula is C28H32FN3O5. The first-order valence-corrected chi connectivity index (χ1v) is 11.9. The molecule has 1 aliphatic heterocycles. The first-order valence-electron chi connectivity index (χ1n) is 11.9. The van der Waals surface area contributed by atoms with E-state index in [0.29, 0.717) is 16.8 Å². The van der Waals surface area contributed by atoms with Gasteiger partial charge in [-0.25, -0.2) is 14.0 Å². The number of nitrogens with zero attached hydrogens (tertiary/aromatic N) is 2. The highest BCUT2D eigenvalue weighted by Gasteiger charge is 2.33. The zero-order valence-corrected chi connectivity index (χ0v) is 21.7. The van der Waals surface area contributed by atoms with Crippen molar-refractivity contribution < 1.29 is 28.2 Å². The van der Waals surface area contributed by atoms with E-state index in [0.717, 1.165) is 5.56 Å². The van der Waals surface area contributed by atoms with Crippen LogP contribution in [0.4, 0.5) is 19.7 Å². The summed E-state index contributed by atoms with van der Waals surface area (Å²) in [4.78, 5) is 38.8. The maximum Gasteiger partial charge on any atom is 0.414 e. The van der Waals surface area contributed by atoms with Gasteiger partial charge in [-0.15, -0.1) is 6.42 Å². The Kier molecular flexibility index (Phi) is 8.43. The molecule has 1 aliphatic rings. The van der Waals surface area contributed by atoms with Crippen molar-refractivity contribution in [2.45, 2.75) is 58.9 Å². The molecule has 2 aromatic carbocycles. The van der Waals surface area contributed by atoms with Crippen LogP contribution in [0.5, 0.6) is 0 Å². The molecule has 196 valence electrons. The number of cyclic esters (lactones) is 1. The summed E-state index contributed by atoms with van der Waals surface area (Å²) in [5, 5.41) is 2.61. The molecule has 9 heteroatoms. The number of nitrogens with one attached hydrogen (secondary N) is 1. The van der Waals surface area contributed by atoms with Gasteiger partial charge in [0.15, 0.2) is 0 Å². The number of rotatable bonds is 7. The lowest BCUT2D eigenvalue weighted by atomic mass is 10.0. The largest absolute Gasteiger partial charge is 0.444 e. The predicted molar refractivity (Wildman–Crippen MR) is 138 cm³/mol. The van der Waals surface area contributed by atoms with E-state index in [9.17, 15) is 14.4 Å². The molecular weight excluding hydrogens is 477 g/mol. The Morgan fingerprint density at radius 1 is 1.27 bits per heavy atom. The summed E-state index contributed by atoms with van der Waals surface area (Å²) >= 11 is 0. The Balaban J connectivity index is 1.72. The van der Waals surface area contributed by atoms with Gasteiger partial charge >= 0.3 is 12.2 Å². The highest BCUT2D eigenvalue weighted by molar-refractivity contribution is 5.90. The molecule has 1 heterocycles. The fourth-order valence-corrected chi connectivity index (χ4v) is 3.76. The van der Waals surface area contributed by atoms with Crippen molar-refractivity contribution >= 4 is 23.8 Å². The van der Waals surface area contributed by atoms with E-state index in [1.165, 1.54) is 22.8 Å². The van der Waals surface area contributed by atoms with Crippen LogP contribution >= 0.6 is 0 Å². The molecule has 3 rings (SSSR count). The quantitative estimate of drug-likeness (QED) is 0.546. The van der Waals surface area contributed by atoms with Crippen LogP contribution in [0.3, 0.4) is 0 Å². The fourth-order valence-electron chi connectivity index (χ4n) is 3.76. The van der Waals surface area contributed by atoms with E-state index in [1.807, 2.05) is 0 Å². The lowest BCUT2D eigenvalue weighted by Gasteiger charge is -2.29. The second-order valence-corrected chi connectivity index (χ2v) is 9.87. The number of hydrogen-bond acceptors (Lipinski definition) is 5. The smallest absolute Gasteiger partial charge is 0.414 e. The number of benzene rings is 2. The van der Waals surface area contributed by atoms with Crippen molar-refractivity contribution in [3.8, 4) is 23.5 Å². The summed E-state index contributed by atoms with van der Waals surface area (Å²) in [5.74, 6) is 1.84. The molecule has 0 spiro atoms. The van der Waals surface area contributed by atoms with Crippen LogP contribution in [0.2, 0.25) is 0 Å². The second-order valence-electron chi connectivity index (χ2n) is 9.87. The molecule has 37 heavy (non-hydrogen) atoms. The summed E-state index contributed by atoms with van der Waals surface area (Å²) in [6.45, 7) is 9.11. The third kappa shape index (κ3) is 7.23. The third-order valence-electron chi connectivity index (χ3n) is 5.67. The maximum atomic E-state index is 15.1. The second kappa shape index (κ2) is 11.3. The molecule has 1 fully saturated rings. The number of halogens is 1. The molecule has 1 N–H and O–H groups in total. The first kappa shape index (κ1) is 27.5. The highest BCUT2D eigenvalue weighted by Crippen LogP contribution is 2.29. The zero-order valence-electron chi connectivity index (χ0n) is 21.7. The summed E-state index contributed by atoms with van der Waals surface area (Å²) in [6, 6.07) is 11.2. The van der Waals surface area contributed by atoms with Crippen molar-refractivity contribution in [2.75, 3.05) is 18.0 Å². The average Bonchev–Trinajstić information content (AvgIpc) is 3.20. The summed E-state index contributed by atoms with van der Waals surface area (Å²) < 4.78 is 25.8. The van der Waals surface area contributed by atoms with Gasteiger partial charge < -0.3 is 14.8 Å². The maximum absolute atomic E-state index is 15.1. The molecule has 0 aromatic heterocycles. The Morgan fingerprint density at radius 3 is 2.51 bits per heavy atom. The molecule has 0 bridgehead atoms. The minimum Gasteiger partial charge on any atom is -0.444 e. The van der Waals surface area contributed by atoms with Crippen LogP contribution in [0.25, 0.3) is 11.1 Å². The van der Waals surface area contributed by atoms with Crippen LogP contribution < -0.4 is 10.2 Å². The molecule has 0 aliphatic carbocycles. The van der Waals surface area contributed by atoms with Crippen LogP contribution in [-0.2, 0) is 20.8 Å². The van der Waals surface area contributed by atoms with E-state index >= 15 is 4.39 Å². The third-order valence-corrected chi connectivity index (χ3v) is 5.67. The van der Waals surface area contributed by atoms with Crippen molar-refractivity contribution in [1.82, 2.24) is 10.2 Å². The topological polar surface area (TPSA) is 88.2 Å². The van der Waals surface area contributed by atoms with Crippen LogP contribution in [0.15, 0.2) is 42.5 Å². The molecule has 2 atom stereocenters. The van der Waals surface area contributed by atoms with E-state index in [2.05, 4.69) is 11.2 Å². The fraction of sp³-hybridized carbons (Fsp3) is 0.393. The molecule has 1 saturated heterocycles. The van der Waals surface area contributed by atoms with Gasteiger partial charge in [0.05, 0.1) is 31.4 Å². The molecule has 2 unspecified atom stereocenters. The molecule has 8 nitrogen and oxygen atoms in total. The van der Waals surface area contributed by atoms with Gasteiger partial charge in [0, 0.05) is 12.5 Å². The normalized spacial score (nSPS) is 16.0. The van der Waals surface area contributed by atoms with Crippen molar-refractivity contribution in [1.29, 1.82) is 0 Å². The summed E-state index contributed by atoms with van der Waals surface area (Å²) in [6.07, 6.45) is 3.94. The average molecular weight is 510 g/mol. The van der Waals surface area contributed by atoms with Gasteiger partial charge in [-0.1, -0.05) is 30.2 Å². The van der Waals surface area contributed by atoms with E-state index in [4.69, 9.17) is 15.9 Å². The van der Waals surface area contributed by atoms with Crippen molar-refractivity contribution in [3.63, 3.8) is 0 Å². The van der Waals surface area contributed by atoms with Crippen LogP contribution in [0.1, 0.15) is 40.2 Å². The SMILES string of the molecule is C#CC(C)N(Cc1ccc(-c2ccc(N3CC(CNC(C)=O)OC3=O)cc2F)cc1)C(=O)OC(C)(C)C. The molecule has 0 saturated carbocycles. The van der Waals surface area contributed by atoms with Crippen molar-refractivity contribution in [3.05, 3.63) is 53.8 Å². The van der Waals surface area contributed by atoms with Crippen molar-refractivity contribution in [2.24, 2.45) is 0 Å². The van der Waals surface area contributed by atoms with E-state index in [-0.39, 0.29) is 25.5 Å². The number of carbonyl (C=O) groups is 3.